The molecule has 0 spiro atoms. The molecule has 21 heavy (non-hydrogen) atoms. The lowest BCUT2D eigenvalue weighted by Gasteiger charge is -2.12. The Morgan fingerprint density at radius 2 is 2.24 bits per heavy atom. The van der Waals surface area contributed by atoms with Crippen LogP contribution in [0.5, 0.6) is 0 Å². The first kappa shape index (κ1) is 14.0. The quantitative estimate of drug-likeness (QED) is 0.775. The van der Waals surface area contributed by atoms with Gasteiger partial charge in [-0.2, -0.15) is 0 Å². The second kappa shape index (κ2) is 5.83. The highest BCUT2D eigenvalue weighted by Gasteiger charge is 2.26. The molecule has 0 saturated carbocycles. The van der Waals surface area contributed by atoms with E-state index in [-0.39, 0.29) is 11.9 Å². The summed E-state index contributed by atoms with van der Waals surface area (Å²) in [4.78, 5) is 16.6. The molecular formula is C15H21N5O. The van der Waals surface area contributed by atoms with Crippen LogP contribution in [-0.4, -0.2) is 34.1 Å². The number of carbonyl (C=O) groups is 1. The Kier molecular flexibility index (Phi) is 3.90. The van der Waals surface area contributed by atoms with Crippen molar-refractivity contribution in [2.24, 2.45) is 0 Å². The van der Waals surface area contributed by atoms with Crippen LogP contribution in [0.3, 0.4) is 0 Å². The van der Waals surface area contributed by atoms with Gasteiger partial charge in [0.25, 0.3) is 0 Å². The summed E-state index contributed by atoms with van der Waals surface area (Å²) in [6.07, 6.45) is 0.818. The van der Waals surface area contributed by atoms with Crippen molar-refractivity contribution in [3.8, 4) is 0 Å². The van der Waals surface area contributed by atoms with Crippen LogP contribution in [0.2, 0.25) is 0 Å². The molecule has 3 rings (SSSR count). The maximum absolute atomic E-state index is 12.0. The standard InChI is InChI=1S/C15H21N5O/c1-10-9-13(19-18-10)15(21)16-7-8-20-11(2)17-12-5-3-4-6-14(12)20/h3-6,10,13,18-19H,7-9H2,1-2H3,(H,16,21). The molecule has 6 nitrogen and oxygen atoms in total. The third kappa shape index (κ3) is 2.91. The van der Waals surface area contributed by atoms with Gasteiger partial charge in [-0.1, -0.05) is 12.1 Å². The van der Waals surface area contributed by atoms with Crippen molar-refractivity contribution in [1.82, 2.24) is 25.7 Å². The number of hydrazine groups is 1. The number of benzene rings is 1. The van der Waals surface area contributed by atoms with Gasteiger partial charge in [-0.25, -0.2) is 10.4 Å². The van der Waals surface area contributed by atoms with Crippen molar-refractivity contribution in [2.75, 3.05) is 6.54 Å². The molecule has 2 aromatic rings. The van der Waals surface area contributed by atoms with Crippen molar-refractivity contribution < 1.29 is 4.79 Å². The van der Waals surface area contributed by atoms with Crippen LogP contribution in [0, 0.1) is 6.92 Å². The van der Waals surface area contributed by atoms with Gasteiger partial charge < -0.3 is 9.88 Å². The van der Waals surface area contributed by atoms with Crippen molar-refractivity contribution >= 4 is 16.9 Å². The monoisotopic (exact) mass is 287 g/mol. The van der Waals surface area contributed by atoms with E-state index in [1.165, 1.54) is 0 Å². The fourth-order valence-electron chi connectivity index (χ4n) is 2.78. The Morgan fingerprint density at radius 3 is 3.00 bits per heavy atom. The van der Waals surface area contributed by atoms with Crippen LogP contribution >= 0.6 is 0 Å². The second-order valence-corrected chi connectivity index (χ2v) is 5.57. The minimum absolute atomic E-state index is 0.0499. The number of fused-ring (bicyclic) bond motifs is 1. The van der Waals surface area contributed by atoms with Crippen LogP contribution in [-0.2, 0) is 11.3 Å². The normalized spacial score (nSPS) is 21.8. The first-order valence-corrected chi connectivity index (χ1v) is 7.36. The third-order valence-corrected chi connectivity index (χ3v) is 3.89. The van der Waals surface area contributed by atoms with E-state index in [4.69, 9.17) is 0 Å². The maximum Gasteiger partial charge on any atom is 0.238 e. The van der Waals surface area contributed by atoms with Gasteiger partial charge in [0.15, 0.2) is 0 Å². The Bertz CT molecular complexity index is 651. The van der Waals surface area contributed by atoms with E-state index in [0.29, 0.717) is 12.6 Å². The van der Waals surface area contributed by atoms with Crippen molar-refractivity contribution in [3.05, 3.63) is 30.1 Å². The number of amides is 1. The average Bonchev–Trinajstić information content (AvgIpc) is 3.03. The van der Waals surface area contributed by atoms with Crippen molar-refractivity contribution in [2.45, 2.75) is 38.9 Å². The molecule has 0 bridgehead atoms. The lowest BCUT2D eigenvalue weighted by Crippen LogP contribution is -2.44. The lowest BCUT2D eigenvalue weighted by atomic mass is 10.1. The third-order valence-electron chi connectivity index (χ3n) is 3.89. The fraction of sp³-hybridized carbons (Fsp3) is 0.467. The zero-order valence-electron chi connectivity index (χ0n) is 12.4. The summed E-state index contributed by atoms with van der Waals surface area (Å²) < 4.78 is 2.14. The van der Waals surface area contributed by atoms with Gasteiger partial charge in [0, 0.05) is 19.1 Å². The van der Waals surface area contributed by atoms with E-state index in [0.717, 1.165) is 29.8 Å². The SMILES string of the molecule is Cc1nc2ccccc2n1CCNC(=O)C1CC(C)NN1. The van der Waals surface area contributed by atoms with E-state index in [1.807, 2.05) is 25.1 Å². The summed E-state index contributed by atoms with van der Waals surface area (Å²) in [5, 5.41) is 2.99. The molecule has 3 N–H and O–H groups in total. The molecular weight excluding hydrogens is 266 g/mol. The van der Waals surface area contributed by atoms with Gasteiger partial charge in [0.2, 0.25) is 5.91 Å². The summed E-state index contributed by atoms with van der Waals surface area (Å²) in [6, 6.07) is 8.25. The Morgan fingerprint density at radius 1 is 1.43 bits per heavy atom. The zero-order valence-corrected chi connectivity index (χ0v) is 12.4. The van der Waals surface area contributed by atoms with Gasteiger partial charge in [0.05, 0.1) is 11.0 Å². The van der Waals surface area contributed by atoms with Gasteiger partial charge in [0.1, 0.15) is 11.9 Å². The number of nitrogens with zero attached hydrogens (tertiary/aromatic N) is 2. The largest absolute Gasteiger partial charge is 0.353 e. The average molecular weight is 287 g/mol. The smallest absolute Gasteiger partial charge is 0.238 e. The zero-order chi connectivity index (χ0) is 14.8. The highest BCUT2D eigenvalue weighted by molar-refractivity contribution is 5.82. The number of nitrogens with one attached hydrogen (secondary N) is 3. The molecule has 112 valence electrons. The lowest BCUT2D eigenvalue weighted by molar-refractivity contribution is -0.122. The van der Waals surface area contributed by atoms with Gasteiger partial charge >= 0.3 is 0 Å². The fourth-order valence-corrected chi connectivity index (χ4v) is 2.78. The summed E-state index contributed by atoms with van der Waals surface area (Å²) in [7, 11) is 0. The molecule has 0 aliphatic carbocycles. The topological polar surface area (TPSA) is 71.0 Å². The minimum atomic E-state index is -0.138. The van der Waals surface area contributed by atoms with E-state index in [2.05, 4.69) is 38.7 Å². The highest BCUT2D eigenvalue weighted by atomic mass is 16.2. The molecule has 1 amide bonds. The molecule has 2 atom stereocenters. The molecule has 6 heteroatoms. The molecule has 2 heterocycles. The molecule has 0 radical (unpaired) electrons. The van der Waals surface area contributed by atoms with E-state index in [9.17, 15) is 4.79 Å². The first-order chi connectivity index (χ1) is 10.1. The number of hydrogen-bond acceptors (Lipinski definition) is 4. The van der Waals surface area contributed by atoms with Crippen molar-refractivity contribution in [1.29, 1.82) is 0 Å². The summed E-state index contributed by atoms with van der Waals surface area (Å²) >= 11 is 0. The second-order valence-electron chi connectivity index (χ2n) is 5.57. The first-order valence-electron chi connectivity index (χ1n) is 7.36. The van der Waals surface area contributed by atoms with Gasteiger partial charge in [-0.05, 0) is 32.4 Å². The predicted octanol–water partition coefficient (Wildman–Crippen LogP) is 0.716. The van der Waals surface area contributed by atoms with Crippen LogP contribution in [0.15, 0.2) is 24.3 Å². The molecule has 1 saturated heterocycles. The number of aryl methyl sites for hydroxylation is 1. The predicted molar refractivity (Wildman–Crippen MR) is 81.6 cm³/mol. The van der Waals surface area contributed by atoms with Crippen LogP contribution < -0.4 is 16.2 Å². The number of imidazole rings is 1. The maximum atomic E-state index is 12.0. The Balaban J connectivity index is 1.59. The van der Waals surface area contributed by atoms with E-state index in [1.54, 1.807) is 0 Å². The molecule has 2 unspecified atom stereocenters. The molecule has 1 aliphatic rings. The van der Waals surface area contributed by atoms with E-state index >= 15 is 0 Å². The van der Waals surface area contributed by atoms with Gasteiger partial charge in [-0.15, -0.1) is 0 Å². The molecule has 1 aromatic heterocycles. The number of carbonyl (C=O) groups excluding carboxylic acids is 1. The van der Waals surface area contributed by atoms with Crippen LogP contribution in [0.25, 0.3) is 11.0 Å². The van der Waals surface area contributed by atoms with Crippen molar-refractivity contribution in [3.63, 3.8) is 0 Å². The van der Waals surface area contributed by atoms with Crippen LogP contribution in [0.4, 0.5) is 0 Å². The number of para-hydroxylation sites is 2. The molecule has 1 fully saturated rings. The molecule has 1 aromatic carbocycles. The summed E-state index contributed by atoms with van der Waals surface area (Å²) in [5.74, 6) is 1.02. The number of rotatable bonds is 4. The summed E-state index contributed by atoms with van der Waals surface area (Å²) in [5.41, 5.74) is 8.18. The molecule has 1 aliphatic heterocycles. The van der Waals surface area contributed by atoms with Gasteiger partial charge in [-0.3, -0.25) is 10.2 Å². The number of hydrogen-bond donors (Lipinski definition) is 3. The summed E-state index contributed by atoms with van der Waals surface area (Å²) in [6.45, 7) is 5.38. The van der Waals surface area contributed by atoms with E-state index < -0.39 is 0 Å². The number of aromatic nitrogens is 2. The Hall–Kier alpha value is -1.92. The highest BCUT2D eigenvalue weighted by Crippen LogP contribution is 2.14. The van der Waals surface area contributed by atoms with Crippen LogP contribution in [0.1, 0.15) is 19.2 Å². The minimum Gasteiger partial charge on any atom is -0.353 e. The Labute approximate surface area is 123 Å².